The zero-order valence-electron chi connectivity index (χ0n) is 16.1. The molecule has 0 saturated carbocycles. The Morgan fingerprint density at radius 2 is 1.90 bits per heavy atom. The number of aliphatic hydroxyl groups excluding tert-OH is 1. The molecule has 0 spiro atoms. The van der Waals surface area contributed by atoms with Gasteiger partial charge in [0.1, 0.15) is 11.6 Å². The molecule has 0 fully saturated rings. The molecule has 0 aliphatic rings. The fraction of sp³-hybridized carbons (Fsp3) is 0.300. The summed E-state index contributed by atoms with van der Waals surface area (Å²) in [5, 5.41) is 25.0. The van der Waals surface area contributed by atoms with E-state index in [1.165, 1.54) is 36.4 Å². The zero-order valence-corrected chi connectivity index (χ0v) is 18.4. The van der Waals surface area contributed by atoms with Crippen LogP contribution in [-0.2, 0) is 6.54 Å². The summed E-state index contributed by atoms with van der Waals surface area (Å²) in [6, 6.07) is 11.7. The first-order valence-electron chi connectivity index (χ1n) is 8.86. The van der Waals surface area contributed by atoms with Crippen LogP contribution in [0.25, 0.3) is 0 Å². The van der Waals surface area contributed by atoms with Gasteiger partial charge in [0.15, 0.2) is 5.96 Å². The van der Waals surface area contributed by atoms with Gasteiger partial charge in [0.25, 0.3) is 0 Å². The Labute approximate surface area is 189 Å². The van der Waals surface area contributed by atoms with Gasteiger partial charge in [-0.05, 0) is 36.8 Å². The van der Waals surface area contributed by atoms with Gasteiger partial charge in [-0.25, -0.2) is 9.38 Å². The molecule has 0 saturated heterocycles. The minimum atomic E-state index is -2.91. The average molecular weight is 534 g/mol. The summed E-state index contributed by atoms with van der Waals surface area (Å²) in [5.41, 5.74) is 1.07. The Balaban J connectivity index is 0.00000450. The first-order valence-corrected chi connectivity index (χ1v) is 8.86. The highest BCUT2D eigenvalue weighted by Gasteiger charge is 2.11. The third-order valence-corrected chi connectivity index (χ3v) is 3.89. The van der Waals surface area contributed by atoms with Gasteiger partial charge in [0, 0.05) is 18.7 Å². The van der Waals surface area contributed by atoms with Crippen LogP contribution in [0.15, 0.2) is 47.5 Å². The van der Waals surface area contributed by atoms with Crippen molar-refractivity contribution in [3.05, 3.63) is 65.0 Å². The van der Waals surface area contributed by atoms with Crippen LogP contribution >= 0.6 is 24.0 Å². The van der Waals surface area contributed by atoms with E-state index in [2.05, 4.69) is 20.4 Å². The van der Waals surface area contributed by atoms with Gasteiger partial charge >= 0.3 is 6.61 Å². The van der Waals surface area contributed by atoms with Crippen LogP contribution in [-0.4, -0.2) is 30.8 Å². The maximum atomic E-state index is 14.0. The van der Waals surface area contributed by atoms with Crippen molar-refractivity contribution < 1.29 is 23.0 Å². The summed E-state index contributed by atoms with van der Waals surface area (Å²) >= 11 is 0. The standard InChI is InChI=1S/C20H21F3N4O2.HI/c1-2-25-20(26-11-15-4-3-13(10-24)9-17(15)21)27-12-18(28)14-5-7-16(8-6-14)29-19(22)23;/h3-9,18-19,28H,2,11-12H2,1H3,(H2,25,26,27);1H. The lowest BCUT2D eigenvalue weighted by Gasteiger charge is -2.16. The number of nitrogens with one attached hydrogen (secondary N) is 2. The largest absolute Gasteiger partial charge is 0.435 e. The van der Waals surface area contributed by atoms with Gasteiger partial charge in [0.05, 0.1) is 24.3 Å². The molecule has 0 heterocycles. The van der Waals surface area contributed by atoms with Gasteiger partial charge in [-0.3, -0.25) is 0 Å². The van der Waals surface area contributed by atoms with Crippen molar-refractivity contribution in [3.63, 3.8) is 0 Å². The molecule has 6 nitrogen and oxygen atoms in total. The first-order chi connectivity index (χ1) is 13.9. The molecule has 2 aromatic carbocycles. The minimum absolute atomic E-state index is 0. The summed E-state index contributed by atoms with van der Waals surface area (Å²) in [4.78, 5) is 4.27. The lowest BCUT2D eigenvalue weighted by molar-refractivity contribution is -0.0498. The maximum absolute atomic E-state index is 14.0. The lowest BCUT2D eigenvalue weighted by Crippen LogP contribution is -2.39. The highest BCUT2D eigenvalue weighted by Crippen LogP contribution is 2.19. The van der Waals surface area contributed by atoms with Crippen molar-refractivity contribution in [1.29, 1.82) is 5.26 Å². The number of nitriles is 1. The third-order valence-electron chi connectivity index (χ3n) is 3.89. The molecular formula is C20H22F3IN4O2. The van der Waals surface area contributed by atoms with Gasteiger partial charge in [0.2, 0.25) is 0 Å². The second-order valence-electron chi connectivity index (χ2n) is 5.96. The molecule has 30 heavy (non-hydrogen) atoms. The van der Waals surface area contributed by atoms with E-state index in [4.69, 9.17) is 5.26 Å². The van der Waals surface area contributed by atoms with Crippen molar-refractivity contribution in [2.75, 3.05) is 13.1 Å². The van der Waals surface area contributed by atoms with E-state index in [1.807, 2.05) is 13.0 Å². The van der Waals surface area contributed by atoms with Crippen LogP contribution in [0.1, 0.15) is 29.7 Å². The molecule has 2 rings (SSSR count). The predicted molar refractivity (Wildman–Crippen MR) is 117 cm³/mol. The number of benzene rings is 2. The molecule has 0 aliphatic heterocycles. The van der Waals surface area contributed by atoms with Gasteiger partial charge in [-0.1, -0.05) is 18.2 Å². The summed E-state index contributed by atoms with van der Waals surface area (Å²) < 4.78 is 42.6. The number of hydrogen-bond donors (Lipinski definition) is 3. The summed E-state index contributed by atoms with van der Waals surface area (Å²) in [6.45, 7) is -0.360. The number of halogens is 4. The van der Waals surface area contributed by atoms with Gasteiger partial charge in [-0.2, -0.15) is 14.0 Å². The van der Waals surface area contributed by atoms with Crippen molar-refractivity contribution >= 4 is 29.9 Å². The molecule has 10 heteroatoms. The topological polar surface area (TPSA) is 89.7 Å². The Kier molecular flexibility index (Phi) is 11.0. The molecule has 162 valence electrons. The smallest absolute Gasteiger partial charge is 0.387 e. The molecule has 0 aromatic heterocycles. The number of hydrogen-bond acceptors (Lipinski definition) is 4. The van der Waals surface area contributed by atoms with Crippen molar-refractivity contribution in [2.24, 2.45) is 4.99 Å². The van der Waals surface area contributed by atoms with Crippen molar-refractivity contribution in [1.82, 2.24) is 10.6 Å². The van der Waals surface area contributed by atoms with E-state index in [-0.39, 0.29) is 48.4 Å². The molecule has 0 aliphatic carbocycles. The molecule has 1 atom stereocenters. The van der Waals surface area contributed by atoms with E-state index in [1.54, 1.807) is 0 Å². The Morgan fingerprint density at radius 1 is 1.20 bits per heavy atom. The highest BCUT2D eigenvalue weighted by atomic mass is 127. The minimum Gasteiger partial charge on any atom is -0.435 e. The molecule has 0 bridgehead atoms. The molecule has 3 N–H and O–H groups in total. The monoisotopic (exact) mass is 534 g/mol. The fourth-order valence-electron chi connectivity index (χ4n) is 2.43. The first kappa shape index (κ1) is 25.5. The van der Waals surface area contributed by atoms with Gasteiger partial charge in [-0.15, -0.1) is 24.0 Å². The number of aliphatic imine (C=N–C) groups is 1. The maximum Gasteiger partial charge on any atom is 0.387 e. The van der Waals surface area contributed by atoms with Crippen LogP contribution < -0.4 is 15.4 Å². The number of nitrogens with zero attached hydrogens (tertiary/aromatic N) is 2. The third kappa shape index (κ3) is 8.08. The van der Waals surface area contributed by atoms with Crippen LogP contribution in [0.3, 0.4) is 0 Å². The van der Waals surface area contributed by atoms with Crippen molar-refractivity contribution in [2.45, 2.75) is 26.2 Å². The summed E-state index contributed by atoms with van der Waals surface area (Å²) in [7, 11) is 0. The number of alkyl halides is 2. The van der Waals surface area contributed by atoms with Gasteiger partial charge < -0.3 is 20.5 Å². The lowest BCUT2D eigenvalue weighted by atomic mass is 10.1. The second kappa shape index (κ2) is 12.9. The van der Waals surface area contributed by atoms with Crippen LogP contribution in [0.2, 0.25) is 0 Å². The Bertz CT molecular complexity index is 873. The van der Waals surface area contributed by atoms with Crippen LogP contribution in [0.5, 0.6) is 5.75 Å². The van der Waals surface area contributed by atoms with Crippen molar-refractivity contribution in [3.8, 4) is 11.8 Å². The molecule has 0 radical (unpaired) electrons. The summed E-state index contributed by atoms with van der Waals surface area (Å²) in [5.74, 6) is -0.147. The van der Waals surface area contributed by atoms with E-state index >= 15 is 0 Å². The number of aliphatic hydroxyl groups is 1. The Morgan fingerprint density at radius 3 is 2.47 bits per heavy atom. The molecule has 2 aromatic rings. The fourth-order valence-corrected chi connectivity index (χ4v) is 2.43. The zero-order chi connectivity index (χ0) is 21.2. The Hall–Kier alpha value is -2.52. The molecular weight excluding hydrogens is 512 g/mol. The number of ether oxygens (including phenoxy) is 1. The molecule has 0 amide bonds. The van der Waals surface area contributed by atoms with Crippen LogP contribution in [0, 0.1) is 17.1 Å². The van der Waals surface area contributed by atoms with E-state index in [0.29, 0.717) is 23.6 Å². The van der Waals surface area contributed by atoms with E-state index < -0.39 is 18.5 Å². The number of rotatable bonds is 8. The number of guanidine groups is 1. The second-order valence-corrected chi connectivity index (χ2v) is 5.96. The highest BCUT2D eigenvalue weighted by molar-refractivity contribution is 14.0. The van der Waals surface area contributed by atoms with E-state index in [0.717, 1.165) is 6.07 Å². The predicted octanol–water partition coefficient (Wildman–Crippen LogP) is 3.71. The summed E-state index contributed by atoms with van der Waals surface area (Å²) in [6.07, 6.45) is -0.925. The quantitative estimate of drug-likeness (QED) is 0.273. The SMILES string of the molecule is CCNC(=NCc1ccc(C#N)cc1F)NCC(O)c1ccc(OC(F)F)cc1.I. The average Bonchev–Trinajstić information content (AvgIpc) is 2.70. The molecule has 1 unspecified atom stereocenters. The normalized spacial score (nSPS) is 12.0. The van der Waals surface area contributed by atoms with E-state index in [9.17, 15) is 18.3 Å². The van der Waals surface area contributed by atoms with Crippen LogP contribution in [0.4, 0.5) is 13.2 Å².